The van der Waals surface area contributed by atoms with E-state index >= 15 is 0 Å². The summed E-state index contributed by atoms with van der Waals surface area (Å²) in [5.41, 5.74) is 0. The lowest BCUT2D eigenvalue weighted by Crippen LogP contribution is -2.39. The number of hydrogen-bond acceptors (Lipinski definition) is 6. The Labute approximate surface area is 122 Å². The second kappa shape index (κ2) is 4.95. The van der Waals surface area contributed by atoms with Gasteiger partial charge in [-0.1, -0.05) is 17.2 Å². The first kappa shape index (κ1) is 12.5. The lowest BCUT2D eigenvalue weighted by atomic mass is 10.2. The third kappa shape index (κ3) is 2.53. The number of ether oxygens (including phenoxy) is 2. The molecule has 2 aromatic rings. The Morgan fingerprint density at radius 1 is 1.19 bits per heavy atom. The van der Waals surface area contributed by atoms with Gasteiger partial charge in [0.1, 0.15) is 6.61 Å². The third-order valence-corrected chi connectivity index (χ3v) is 3.73. The van der Waals surface area contributed by atoms with Crippen molar-refractivity contribution in [1.29, 1.82) is 0 Å². The molecule has 2 aliphatic rings. The van der Waals surface area contributed by atoms with Crippen molar-refractivity contribution in [3.05, 3.63) is 30.2 Å². The van der Waals surface area contributed by atoms with E-state index in [4.69, 9.17) is 13.9 Å². The van der Waals surface area contributed by atoms with Crippen LogP contribution in [0.1, 0.15) is 24.7 Å². The van der Waals surface area contributed by atoms with Gasteiger partial charge in [0.2, 0.25) is 5.89 Å². The molecular formula is C15H17N3O3. The number of hydrogen-bond donors (Lipinski definition) is 0. The molecule has 1 atom stereocenters. The van der Waals surface area contributed by atoms with Crippen LogP contribution in [0.25, 0.3) is 0 Å². The number of likely N-dealkylation sites (N-methyl/N-ethyl adjacent to an activating group) is 1. The Bertz CT molecular complexity index is 639. The first-order chi connectivity index (χ1) is 10.3. The maximum Gasteiger partial charge on any atom is 0.318 e. The molecule has 1 unspecified atom stereocenters. The van der Waals surface area contributed by atoms with Gasteiger partial charge >= 0.3 is 6.01 Å². The molecule has 1 aliphatic carbocycles. The molecule has 110 valence electrons. The van der Waals surface area contributed by atoms with E-state index < -0.39 is 0 Å². The number of rotatable bonds is 4. The Balaban J connectivity index is 1.41. The van der Waals surface area contributed by atoms with Crippen LogP contribution in [-0.4, -0.2) is 36.5 Å². The molecule has 0 radical (unpaired) electrons. The second-order valence-electron chi connectivity index (χ2n) is 5.58. The van der Waals surface area contributed by atoms with E-state index in [1.807, 2.05) is 36.2 Å². The second-order valence-corrected chi connectivity index (χ2v) is 5.58. The van der Waals surface area contributed by atoms with E-state index in [1.165, 1.54) is 0 Å². The Morgan fingerprint density at radius 3 is 2.81 bits per heavy atom. The largest absolute Gasteiger partial charge is 0.486 e. The summed E-state index contributed by atoms with van der Waals surface area (Å²) >= 11 is 0. The average molecular weight is 287 g/mol. The molecule has 1 fully saturated rings. The van der Waals surface area contributed by atoms with E-state index in [1.54, 1.807) is 0 Å². The summed E-state index contributed by atoms with van der Waals surface area (Å²) in [5.74, 6) is 2.81. The van der Waals surface area contributed by atoms with Crippen LogP contribution in [-0.2, 0) is 0 Å². The van der Waals surface area contributed by atoms with Crippen molar-refractivity contribution in [2.45, 2.75) is 24.9 Å². The quantitative estimate of drug-likeness (QED) is 0.859. The number of fused-ring (bicyclic) bond motifs is 1. The molecule has 0 spiro atoms. The number of para-hydroxylation sites is 2. The highest BCUT2D eigenvalue weighted by molar-refractivity contribution is 5.41. The van der Waals surface area contributed by atoms with E-state index in [2.05, 4.69) is 10.2 Å². The average Bonchev–Trinajstić information content (AvgIpc) is 3.24. The summed E-state index contributed by atoms with van der Waals surface area (Å²) in [6.45, 7) is 1.16. The summed E-state index contributed by atoms with van der Waals surface area (Å²) in [6, 6.07) is 8.24. The Morgan fingerprint density at radius 2 is 2.00 bits per heavy atom. The predicted molar refractivity (Wildman–Crippen MR) is 75.9 cm³/mol. The van der Waals surface area contributed by atoms with Gasteiger partial charge in [0.25, 0.3) is 0 Å². The van der Waals surface area contributed by atoms with Crippen molar-refractivity contribution in [3.8, 4) is 11.5 Å². The van der Waals surface area contributed by atoms with Crippen LogP contribution >= 0.6 is 0 Å². The van der Waals surface area contributed by atoms with Gasteiger partial charge in [-0.25, -0.2) is 0 Å². The Kier molecular flexibility index (Phi) is 2.94. The molecule has 1 aromatic carbocycles. The van der Waals surface area contributed by atoms with Crippen LogP contribution < -0.4 is 14.4 Å². The maximum atomic E-state index is 5.93. The van der Waals surface area contributed by atoms with Crippen LogP contribution in [0.5, 0.6) is 11.5 Å². The molecule has 0 saturated heterocycles. The lowest BCUT2D eigenvalue weighted by Gasteiger charge is -2.28. The fourth-order valence-electron chi connectivity index (χ4n) is 2.41. The fraction of sp³-hybridized carbons (Fsp3) is 0.467. The third-order valence-electron chi connectivity index (χ3n) is 3.73. The van der Waals surface area contributed by atoms with E-state index in [0.717, 1.165) is 30.2 Å². The van der Waals surface area contributed by atoms with Crippen molar-refractivity contribution in [2.75, 3.05) is 25.1 Å². The molecular weight excluding hydrogens is 270 g/mol. The fourth-order valence-corrected chi connectivity index (χ4v) is 2.41. The smallest absolute Gasteiger partial charge is 0.318 e. The van der Waals surface area contributed by atoms with Crippen molar-refractivity contribution >= 4 is 6.01 Å². The zero-order valence-electron chi connectivity index (χ0n) is 11.9. The molecule has 6 nitrogen and oxygen atoms in total. The van der Waals surface area contributed by atoms with Crippen molar-refractivity contribution in [1.82, 2.24) is 10.2 Å². The number of aromatic nitrogens is 2. The van der Waals surface area contributed by atoms with E-state index in [-0.39, 0.29) is 6.10 Å². The predicted octanol–water partition coefficient (Wildman–Crippen LogP) is 2.22. The maximum absolute atomic E-state index is 5.93. The van der Waals surface area contributed by atoms with Gasteiger partial charge in [-0.3, -0.25) is 0 Å². The van der Waals surface area contributed by atoms with Crippen LogP contribution in [0.4, 0.5) is 6.01 Å². The van der Waals surface area contributed by atoms with Gasteiger partial charge in [0.05, 0.1) is 6.54 Å². The van der Waals surface area contributed by atoms with Gasteiger partial charge in [-0.05, 0) is 25.0 Å². The summed E-state index contributed by atoms with van der Waals surface area (Å²) in [6.07, 6.45) is 2.25. The first-order valence-electron chi connectivity index (χ1n) is 7.22. The molecule has 4 rings (SSSR count). The van der Waals surface area contributed by atoms with Crippen molar-refractivity contribution in [3.63, 3.8) is 0 Å². The zero-order chi connectivity index (χ0) is 14.2. The SMILES string of the molecule is CN(CC1COc2ccccc2O1)c1nnc(C2CC2)o1. The van der Waals surface area contributed by atoms with Gasteiger partial charge in [-0.2, -0.15) is 0 Å². The van der Waals surface area contributed by atoms with Crippen molar-refractivity contribution in [2.24, 2.45) is 0 Å². The van der Waals surface area contributed by atoms with Gasteiger partial charge in [0, 0.05) is 13.0 Å². The lowest BCUT2D eigenvalue weighted by molar-refractivity contribution is 0.0953. The minimum Gasteiger partial charge on any atom is -0.486 e. The molecule has 6 heteroatoms. The molecule has 0 bridgehead atoms. The molecule has 1 saturated carbocycles. The topological polar surface area (TPSA) is 60.6 Å². The summed E-state index contributed by atoms with van der Waals surface area (Å²) in [5, 5.41) is 8.20. The molecule has 1 aromatic heterocycles. The minimum atomic E-state index is -0.0545. The molecule has 2 heterocycles. The van der Waals surface area contributed by atoms with Crippen LogP contribution in [0.2, 0.25) is 0 Å². The minimum absolute atomic E-state index is 0.0545. The Hall–Kier alpha value is -2.24. The molecule has 21 heavy (non-hydrogen) atoms. The van der Waals surface area contributed by atoms with Crippen LogP contribution in [0.3, 0.4) is 0 Å². The van der Waals surface area contributed by atoms with Crippen LogP contribution in [0, 0.1) is 0 Å². The van der Waals surface area contributed by atoms with Crippen molar-refractivity contribution < 1.29 is 13.9 Å². The van der Waals surface area contributed by atoms with E-state index in [0.29, 0.717) is 25.1 Å². The van der Waals surface area contributed by atoms with Gasteiger partial charge < -0.3 is 18.8 Å². The normalized spacial score (nSPS) is 20.3. The standard InChI is InChI=1S/C15H17N3O3/c1-18(15-17-16-14(21-15)10-6-7-10)8-11-9-19-12-4-2-3-5-13(12)20-11/h2-5,10-11H,6-9H2,1H3. The number of nitrogens with zero attached hydrogens (tertiary/aromatic N) is 3. The van der Waals surface area contributed by atoms with Crippen LogP contribution in [0.15, 0.2) is 28.7 Å². The number of anilines is 1. The summed E-state index contributed by atoms with van der Waals surface area (Å²) in [7, 11) is 1.92. The highest BCUT2D eigenvalue weighted by atomic mass is 16.6. The highest BCUT2D eigenvalue weighted by Crippen LogP contribution is 2.39. The monoisotopic (exact) mass is 287 g/mol. The molecule has 0 N–H and O–H groups in total. The van der Waals surface area contributed by atoms with Gasteiger partial charge in [-0.15, -0.1) is 5.10 Å². The molecule has 1 aliphatic heterocycles. The summed E-state index contributed by atoms with van der Waals surface area (Å²) in [4.78, 5) is 1.92. The zero-order valence-corrected chi connectivity index (χ0v) is 11.9. The molecule has 0 amide bonds. The first-order valence-corrected chi connectivity index (χ1v) is 7.22. The summed E-state index contributed by atoms with van der Waals surface area (Å²) < 4.78 is 17.3. The number of benzene rings is 1. The van der Waals surface area contributed by atoms with Gasteiger partial charge in [0.15, 0.2) is 17.6 Å². The highest BCUT2D eigenvalue weighted by Gasteiger charge is 2.30. The van der Waals surface area contributed by atoms with E-state index in [9.17, 15) is 0 Å².